The molecule has 3 aromatic rings. The van der Waals surface area contributed by atoms with E-state index in [1.165, 1.54) is 5.56 Å². The van der Waals surface area contributed by atoms with Gasteiger partial charge in [-0.25, -0.2) is 0 Å². The van der Waals surface area contributed by atoms with Crippen LogP contribution in [0.3, 0.4) is 0 Å². The number of aryl methyl sites for hydroxylation is 1. The van der Waals surface area contributed by atoms with E-state index in [0.29, 0.717) is 5.11 Å². The van der Waals surface area contributed by atoms with E-state index in [0.717, 1.165) is 28.5 Å². The van der Waals surface area contributed by atoms with Gasteiger partial charge in [0, 0.05) is 11.4 Å². The number of nitrogens with zero attached hydrogens (tertiary/aromatic N) is 2. The molecule has 3 rings (SSSR count). The molecule has 0 radical (unpaired) electrons. The third kappa shape index (κ3) is 5.62. The van der Waals surface area contributed by atoms with Gasteiger partial charge in [-0.1, -0.05) is 17.7 Å². The molecular weight excluding hydrogens is 356 g/mol. The summed E-state index contributed by atoms with van der Waals surface area (Å²) in [6, 6.07) is 23.0. The van der Waals surface area contributed by atoms with E-state index in [4.69, 9.17) is 17.0 Å². The molecule has 0 aliphatic rings. The number of ether oxygens (including phenoxy) is 1. The molecule has 0 saturated carbocycles. The Labute approximate surface area is 164 Å². The van der Waals surface area contributed by atoms with Crippen molar-refractivity contribution in [2.24, 2.45) is 10.2 Å². The maximum absolute atomic E-state index is 5.34. The number of azo groups is 1. The topological polar surface area (TPSA) is 58.0 Å². The van der Waals surface area contributed by atoms with Crippen molar-refractivity contribution in [3.8, 4) is 5.75 Å². The number of methoxy groups -OCH3 is 1. The van der Waals surface area contributed by atoms with Crippen LogP contribution < -0.4 is 15.4 Å². The zero-order valence-electron chi connectivity index (χ0n) is 15.1. The van der Waals surface area contributed by atoms with Crippen LogP contribution in [0.5, 0.6) is 5.75 Å². The molecule has 0 unspecified atom stereocenters. The molecule has 0 atom stereocenters. The fraction of sp³-hybridized carbons (Fsp3) is 0.0952. The average molecular weight is 376 g/mol. The Morgan fingerprint density at radius 2 is 1.19 bits per heavy atom. The molecule has 3 aromatic carbocycles. The molecule has 0 bridgehead atoms. The minimum atomic E-state index is 0.534. The van der Waals surface area contributed by atoms with Gasteiger partial charge in [-0.2, -0.15) is 10.2 Å². The SMILES string of the molecule is COc1ccc(N=Nc2ccc(NC(=S)Nc3ccc(C)cc3)cc2)cc1. The van der Waals surface area contributed by atoms with Crippen molar-refractivity contribution in [1.82, 2.24) is 0 Å². The Hall–Kier alpha value is -3.25. The number of hydrogen-bond donors (Lipinski definition) is 2. The molecule has 27 heavy (non-hydrogen) atoms. The second-order valence-corrected chi connectivity index (χ2v) is 6.30. The highest BCUT2D eigenvalue weighted by atomic mass is 32.1. The summed E-state index contributed by atoms with van der Waals surface area (Å²) in [6.45, 7) is 2.05. The number of nitrogens with one attached hydrogen (secondary N) is 2. The fourth-order valence-corrected chi connectivity index (χ4v) is 2.54. The smallest absolute Gasteiger partial charge is 0.175 e. The summed E-state index contributed by atoms with van der Waals surface area (Å²) >= 11 is 5.34. The molecule has 0 aliphatic carbocycles. The highest BCUT2D eigenvalue weighted by Crippen LogP contribution is 2.22. The van der Waals surface area contributed by atoms with Crippen molar-refractivity contribution in [1.29, 1.82) is 0 Å². The monoisotopic (exact) mass is 376 g/mol. The van der Waals surface area contributed by atoms with Gasteiger partial charge >= 0.3 is 0 Å². The van der Waals surface area contributed by atoms with E-state index in [2.05, 4.69) is 20.9 Å². The first-order chi connectivity index (χ1) is 13.1. The highest BCUT2D eigenvalue weighted by molar-refractivity contribution is 7.80. The van der Waals surface area contributed by atoms with Crippen molar-refractivity contribution in [3.05, 3.63) is 78.4 Å². The molecule has 0 amide bonds. The minimum Gasteiger partial charge on any atom is -0.497 e. The third-order valence-corrected chi connectivity index (χ3v) is 3.99. The predicted molar refractivity (Wildman–Crippen MR) is 115 cm³/mol. The number of hydrogen-bond acceptors (Lipinski definition) is 4. The molecule has 2 N–H and O–H groups in total. The van der Waals surface area contributed by atoms with Crippen LogP contribution in [-0.4, -0.2) is 12.2 Å². The molecule has 0 fully saturated rings. The van der Waals surface area contributed by atoms with Crippen LogP contribution >= 0.6 is 12.2 Å². The Morgan fingerprint density at radius 3 is 1.67 bits per heavy atom. The fourth-order valence-electron chi connectivity index (χ4n) is 2.31. The van der Waals surface area contributed by atoms with E-state index in [1.807, 2.05) is 79.7 Å². The standard InChI is InChI=1S/C21H20N4OS/c1-15-3-5-16(6-4-15)22-21(27)23-17-7-9-18(10-8-17)24-25-19-11-13-20(26-2)14-12-19/h3-14H,1-2H3,(H2,22,23,27). The lowest BCUT2D eigenvalue weighted by Crippen LogP contribution is -2.18. The van der Waals surface area contributed by atoms with Gasteiger partial charge in [0.15, 0.2) is 5.11 Å². The molecule has 136 valence electrons. The van der Waals surface area contributed by atoms with Crippen LogP contribution in [0.4, 0.5) is 22.7 Å². The van der Waals surface area contributed by atoms with Crippen molar-refractivity contribution < 1.29 is 4.74 Å². The van der Waals surface area contributed by atoms with E-state index in [1.54, 1.807) is 7.11 Å². The molecule has 0 aromatic heterocycles. The Bertz CT molecular complexity index is 920. The summed E-state index contributed by atoms with van der Waals surface area (Å²) < 4.78 is 5.12. The molecule has 0 aliphatic heterocycles. The Balaban J connectivity index is 1.56. The molecule has 0 saturated heterocycles. The van der Waals surface area contributed by atoms with Crippen LogP contribution in [0.1, 0.15) is 5.56 Å². The minimum absolute atomic E-state index is 0.534. The second kappa shape index (κ2) is 8.91. The van der Waals surface area contributed by atoms with Gasteiger partial charge in [0.2, 0.25) is 0 Å². The predicted octanol–water partition coefficient (Wildman–Crippen LogP) is 6.23. The number of anilines is 2. The van der Waals surface area contributed by atoms with Crippen molar-refractivity contribution in [2.45, 2.75) is 6.92 Å². The van der Waals surface area contributed by atoms with Gasteiger partial charge in [0.25, 0.3) is 0 Å². The van der Waals surface area contributed by atoms with E-state index in [-0.39, 0.29) is 0 Å². The van der Waals surface area contributed by atoms with Gasteiger partial charge in [0.1, 0.15) is 5.75 Å². The quantitative estimate of drug-likeness (QED) is 0.409. The van der Waals surface area contributed by atoms with Crippen LogP contribution in [-0.2, 0) is 0 Å². The Morgan fingerprint density at radius 1 is 0.741 bits per heavy atom. The molecule has 5 nitrogen and oxygen atoms in total. The molecule has 0 spiro atoms. The summed E-state index contributed by atoms with van der Waals surface area (Å²) in [7, 11) is 1.63. The summed E-state index contributed by atoms with van der Waals surface area (Å²) in [5, 5.41) is 15.3. The van der Waals surface area contributed by atoms with Crippen LogP contribution in [0, 0.1) is 6.92 Å². The number of thiocarbonyl (C=S) groups is 1. The zero-order valence-corrected chi connectivity index (χ0v) is 16.0. The largest absolute Gasteiger partial charge is 0.497 e. The lowest BCUT2D eigenvalue weighted by Gasteiger charge is -2.10. The van der Waals surface area contributed by atoms with Gasteiger partial charge in [-0.05, 0) is 79.8 Å². The number of rotatable bonds is 5. The van der Waals surface area contributed by atoms with Crippen molar-refractivity contribution in [2.75, 3.05) is 17.7 Å². The van der Waals surface area contributed by atoms with Gasteiger partial charge in [-0.15, -0.1) is 0 Å². The summed E-state index contributed by atoms with van der Waals surface area (Å²) in [5.74, 6) is 0.791. The van der Waals surface area contributed by atoms with Gasteiger partial charge in [-0.3, -0.25) is 0 Å². The van der Waals surface area contributed by atoms with E-state index >= 15 is 0 Å². The van der Waals surface area contributed by atoms with Crippen LogP contribution in [0.15, 0.2) is 83.0 Å². The Kier molecular flexibility index (Phi) is 6.12. The van der Waals surface area contributed by atoms with Crippen LogP contribution in [0.25, 0.3) is 0 Å². The van der Waals surface area contributed by atoms with Gasteiger partial charge in [0.05, 0.1) is 18.5 Å². The average Bonchev–Trinajstić information content (AvgIpc) is 2.69. The van der Waals surface area contributed by atoms with E-state index < -0.39 is 0 Å². The van der Waals surface area contributed by atoms with Crippen LogP contribution in [0.2, 0.25) is 0 Å². The summed E-state index contributed by atoms with van der Waals surface area (Å²) in [6.07, 6.45) is 0. The van der Waals surface area contributed by atoms with Gasteiger partial charge < -0.3 is 15.4 Å². The van der Waals surface area contributed by atoms with E-state index in [9.17, 15) is 0 Å². The van der Waals surface area contributed by atoms with Crippen molar-refractivity contribution in [3.63, 3.8) is 0 Å². The first-order valence-corrected chi connectivity index (χ1v) is 8.84. The maximum atomic E-state index is 5.34. The highest BCUT2D eigenvalue weighted by Gasteiger charge is 2.00. The lowest BCUT2D eigenvalue weighted by molar-refractivity contribution is 0.415. The summed E-state index contributed by atoms with van der Waals surface area (Å²) in [4.78, 5) is 0. The maximum Gasteiger partial charge on any atom is 0.175 e. The first-order valence-electron chi connectivity index (χ1n) is 8.43. The molecule has 0 heterocycles. The first kappa shape index (κ1) is 18.5. The number of benzene rings is 3. The normalized spacial score (nSPS) is 10.6. The molecular formula is C21H20N4OS. The lowest BCUT2D eigenvalue weighted by atomic mass is 10.2. The second-order valence-electron chi connectivity index (χ2n) is 5.89. The van der Waals surface area contributed by atoms with Crippen molar-refractivity contribution >= 4 is 40.1 Å². The zero-order chi connectivity index (χ0) is 19.1. The third-order valence-electron chi connectivity index (χ3n) is 3.79. The summed E-state index contributed by atoms with van der Waals surface area (Å²) in [5.41, 5.74) is 4.56. The molecule has 6 heteroatoms.